The van der Waals surface area contributed by atoms with Crippen LogP contribution in [0.15, 0.2) is 18.2 Å². The maximum Gasteiger partial charge on any atom is 0.151 e. The quantitative estimate of drug-likeness (QED) is 0.841. The Hall–Kier alpha value is -0.870. The van der Waals surface area contributed by atoms with Crippen LogP contribution in [0.1, 0.15) is 37.0 Å². The van der Waals surface area contributed by atoms with Gasteiger partial charge >= 0.3 is 0 Å². The van der Waals surface area contributed by atoms with Crippen molar-refractivity contribution in [3.8, 4) is 0 Å². The molecule has 0 radical (unpaired) electrons. The molecule has 2 atom stereocenters. The Labute approximate surface area is 123 Å². The van der Waals surface area contributed by atoms with Gasteiger partial charge in [-0.2, -0.15) is 0 Å². The highest BCUT2D eigenvalue weighted by molar-refractivity contribution is 7.91. The summed E-state index contributed by atoms with van der Waals surface area (Å²) < 4.78 is 23.7. The van der Waals surface area contributed by atoms with Crippen molar-refractivity contribution in [1.82, 2.24) is 5.32 Å². The zero-order valence-corrected chi connectivity index (χ0v) is 14.0. The minimum Gasteiger partial charge on any atom is -0.312 e. The van der Waals surface area contributed by atoms with Gasteiger partial charge in [0.05, 0.1) is 5.25 Å². The zero-order valence-electron chi connectivity index (χ0n) is 13.2. The normalized spacial score (nSPS) is 15.1. The van der Waals surface area contributed by atoms with Crippen molar-refractivity contribution in [2.24, 2.45) is 0 Å². The Morgan fingerprint density at radius 3 is 2.45 bits per heavy atom. The van der Waals surface area contributed by atoms with Crippen LogP contribution in [0.3, 0.4) is 0 Å². The highest BCUT2D eigenvalue weighted by atomic mass is 32.2. The Kier molecular flexibility index (Phi) is 6.21. The van der Waals surface area contributed by atoms with Crippen LogP contribution in [-0.4, -0.2) is 32.5 Å². The van der Waals surface area contributed by atoms with Crippen LogP contribution in [0.4, 0.5) is 0 Å². The predicted octanol–water partition coefficient (Wildman–Crippen LogP) is 2.65. The fourth-order valence-electron chi connectivity index (χ4n) is 2.29. The van der Waals surface area contributed by atoms with Crippen LogP contribution < -0.4 is 5.32 Å². The van der Waals surface area contributed by atoms with E-state index >= 15 is 0 Å². The topological polar surface area (TPSA) is 46.2 Å². The molecule has 0 aliphatic rings. The lowest BCUT2D eigenvalue weighted by Crippen LogP contribution is -2.44. The standard InChI is InChI=1S/C16H27NO2S/c1-6-9-17-16(14(4)20(5,18)19)11-15-10-12(2)7-8-13(15)3/h7-8,10,14,16-17H,6,9,11H2,1-5H3. The molecule has 3 nitrogen and oxygen atoms in total. The Morgan fingerprint density at radius 2 is 1.90 bits per heavy atom. The van der Waals surface area contributed by atoms with Crippen molar-refractivity contribution in [3.63, 3.8) is 0 Å². The highest BCUT2D eigenvalue weighted by Gasteiger charge is 2.25. The molecule has 0 amide bonds. The van der Waals surface area contributed by atoms with Gasteiger partial charge in [0.15, 0.2) is 9.84 Å². The molecule has 0 fully saturated rings. The molecule has 0 heterocycles. The first kappa shape index (κ1) is 17.2. The highest BCUT2D eigenvalue weighted by Crippen LogP contribution is 2.16. The third kappa shape index (κ3) is 4.91. The minimum absolute atomic E-state index is 0.0366. The first-order valence-electron chi connectivity index (χ1n) is 7.24. The average Bonchev–Trinajstić information content (AvgIpc) is 2.36. The average molecular weight is 297 g/mol. The van der Waals surface area contributed by atoms with Crippen LogP contribution >= 0.6 is 0 Å². The molecule has 0 spiro atoms. The maximum absolute atomic E-state index is 11.8. The zero-order chi connectivity index (χ0) is 15.3. The van der Waals surface area contributed by atoms with Gasteiger partial charge in [-0.15, -0.1) is 0 Å². The summed E-state index contributed by atoms with van der Waals surface area (Å²) in [6, 6.07) is 6.32. The summed E-state index contributed by atoms with van der Waals surface area (Å²) in [6.45, 7) is 8.88. The van der Waals surface area contributed by atoms with Crippen molar-refractivity contribution in [2.45, 2.75) is 51.8 Å². The van der Waals surface area contributed by atoms with Crippen LogP contribution in [0.25, 0.3) is 0 Å². The molecular weight excluding hydrogens is 270 g/mol. The molecule has 1 aromatic rings. The second-order valence-electron chi connectivity index (χ2n) is 5.73. The van der Waals surface area contributed by atoms with Crippen LogP contribution in [0, 0.1) is 13.8 Å². The molecule has 2 unspecified atom stereocenters. The lowest BCUT2D eigenvalue weighted by molar-refractivity contribution is 0.481. The van der Waals surface area contributed by atoms with Crippen LogP contribution in [-0.2, 0) is 16.3 Å². The van der Waals surface area contributed by atoms with Gasteiger partial charge in [0.25, 0.3) is 0 Å². The van der Waals surface area contributed by atoms with E-state index in [1.165, 1.54) is 22.9 Å². The lowest BCUT2D eigenvalue weighted by Gasteiger charge is -2.25. The Morgan fingerprint density at radius 1 is 1.25 bits per heavy atom. The molecule has 0 aliphatic heterocycles. The Balaban J connectivity index is 2.97. The van der Waals surface area contributed by atoms with Crippen LogP contribution in [0.5, 0.6) is 0 Å². The Bertz CT molecular complexity index is 537. The molecular formula is C16H27NO2S. The molecule has 20 heavy (non-hydrogen) atoms. The summed E-state index contributed by atoms with van der Waals surface area (Å²) in [5.74, 6) is 0. The number of hydrogen-bond donors (Lipinski definition) is 1. The smallest absolute Gasteiger partial charge is 0.151 e. The van der Waals surface area contributed by atoms with Gasteiger partial charge in [-0.25, -0.2) is 8.42 Å². The lowest BCUT2D eigenvalue weighted by atomic mass is 9.97. The number of rotatable bonds is 7. The summed E-state index contributed by atoms with van der Waals surface area (Å²) in [4.78, 5) is 0. The van der Waals surface area contributed by atoms with Crippen molar-refractivity contribution in [1.29, 1.82) is 0 Å². The molecule has 1 N–H and O–H groups in total. The van der Waals surface area contributed by atoms with E-state index < -0.39 is 9.84 Å². The molecule has 0 saturated heterocycles. The second-order valence-corrected chi connectivity index (χ2v) is 8.13. The van der Waals surface area contributed by atoms with Crippen molar-refractivity contribution in [2.75, 3.05) is 12.8 Å². The van der Waals surface area contributed by atoms with Gasteiger partial charge in [0.1, 0.15) is 0 Å². The number of sulfone groups is 1. The molecule has 114 valence electrons. The van der Waals surface area contributed by atoms with Gasteiger partial charge in [-0.1, -0.05) is 30.7 Å². The van der Waals surface area contributed by atoms with Gasteiger partial charge < -0.3 is 5.32 Å². The van der Waals surface area contributed by atoms with E-state index in [1.54, 1.807) is 6.92 Å². The van der Waals surface area contributed by atoms with Gasteiger partial charge in [-0.3, -0.25) is 0 Å². The molecule has 1 aromatic carbocycles. The summed E-state index contributed by atoms with van der Waals surface area (Å²) in [5, 5.41) is 3.01. The monoisotopic (exact) mass is 297 g/mol. The maximum atomic E-state index is 11.8. The molecule has 0 saturated carbocycles. The summed E-state index contributed by atoms with van der Waals surface area (Å²) in [6.07, 6.45) is 3.07. The van der Waals surface area contributed by atoms with E-state index in [2.05, 4.69) is 44.3 Å². The first-order valence-corrected chi connectivity index (χ1v) is 9.19. The molecule has 0 bridgehead atoms. The largest absolute Gasteiger partial charge is 0.312 e. The summed E-state index contributed by atoms with van der Waals surface area (Å²) >= 11 is 0. The van der Waals surface area contributed by atoms with Gasteiger partial charge in [-0.05, 0) is 51.3 Å². The fraction of sp³-hybridized carbons (Fsp3) is 0.625. The van der Waals surface area contributed by atoms with Crippen molar-refractivity contribution < 1.29 is 8.42 Å². The fourth-order valence-corrected chi connectivity index (χ4v) is 3.08. The van der Waals surface area contributed by atoms with E-state index in [1.807, 2.05) is 0 Å². The second kappa shape index (κ2) is 7.23. The van der Waals surface area contributed by atoms with E-state index in [-0.39, 0.29) is 11.3 Å². The molecule has 0 aliphatic carbocycles. The molecule has 1 rings (SSSR count). The molecule has 4 heteroatoms. The third-order valence-corrected chi connectivity index (χ3v) is 5.52. The predicted molar refractivity (Wildman–Crippen MR) is 86.0 cm³/mol. The number of hydrogen-bond acceptors (Lipinski definition) is 3. The molecule has 0 aromatic heterocycles. The summed E-state index contributed by atoms with van der Waals surface area (Å²) in [7, 11) is -3.04. The first-order chi connectivity index (χ1) is 9.25. The van der Waals surface area contributed by atoms with E-state index in [0.717, 1.165) is 19.4 Å². The third-order valence-electron chi connectivity index (χ3n) is 3.84. The number of nitrogens with one attached hydrogen (secondary N) is 1. The van der Waals surface area contributed by atoms with E-state index in [4.69, 9.17) is 0 Å². The number of benzene rings is 1. The minimum atomic E-state index is -3.04. The van der Waals surface area contributed by atoms with Crippen molar-refractivity contribution >= 4 is 9.84 Å². The van der Waals surface area contributed by atoms with Gasteiger partial charge in [0.2, 0.25) is 0 Å². The van der Waals surface area contributed by atoms with Crippen LogP contribution in [0.2, 0.25) is 0 Å². The van der Waals surface area contributed by atoms with Crippen molar-refractivity contribution in [3.05, 3.63) is 34.9 Å². The SMILES string of the molecule is CCCNC(Cc1cc(C)ccc1C)C(C)S(C)(=O)=O. The number of aryl methyl sites for hydroxylation is 2. The van der Waals surface area contributed by atoms with Gasteiger partial charge in [0, 0.05) is 12.3 Å². The van der Waals surface area contributed by atoms with E-state index in [9.17, 15) is 8.42 Å². The van der Waals surface area contributed by atoms with E-state index in [0.29, 0.717) is 0 Å². The summed E-state index contributed by atoms with van der Waals surface area (Å²) in [5.41, 5.74) is 3.67.